The molecule has 2 nitrogen and oxygen atoms in total. The SMILES string of the molecule is CC(C)C(CNc1ccc(N)cc1Cl)C(C)C. The monoisotopic (exact) mass is 254 g/mol. The zero-order chi connectivity index (χ0) is 13.0. The van der Waals surface area contributed by atoms with Crippen LogP contribution in [0.5, 0.6) is 0 Å². The first-order valence-electron chi connectivity index (χ1n) is 6.20. The molecule has 0 aromatic heterocycles. The van der Waals surface area contributed by atoms with E-state index in [-0.39, 0.29) is 0 Å². The van der Waals surface area contributed by atoms with Gasteiger partial charge in [-0.3, -0.25) is 0 Å². The molecule has 1 aromatic carbocycles. The molecule has 3 heteroatoms. The van der Waals surface area contributed by atoms with Crippen LogP contribution in [-0.4, -0.2) is 6.54 Å². The van der Waals surface area contributed by atoms with Gasteiger partial charge in [-0.25, -0.2) is 0 Å². The van der Waals surface area contributed by atoms with Crippen molar-refractivity contribution in [3.8, 4) is 0 Å². The van der Waals surface area contributed by atoms with E-state index >= 15 is 0 Å². The molecule has 17 heavy (non-hydrogen) atoms. The van der Waals surface area contributed by atoms with E-state index in [1.165, 1.54) is 0 Å². The molecule has 0 atom stereocenters. The van der Waals surface area contributed by atoms with Gasteiger partial charge >= 0.3 is 0 Å². The molecule has 1 rings (SSSR count). The second-order valence-corrected chi connectivity index (χ2v) is 5.68. The first-order chi connectivity index (χ1) is 7.91. The molecular weight excluding hydrogens is 232 g/mol. The molecule has 0 aliphatic carbocycles. The summed E-state index contributed by atoms with van der Waals surface area (Å²) >= 11 is 6.13. The number of anilines is 2. The third-order valence-corrected chi connectivity index (χ3v) is 3.55. The summed E-state index contributed by atoms with van der Waals surface area (Å²) < 4.78 is 0. The molecule has 96 valence electrons. The average molecular weight is 255 g/mol. The molecule has 0 saturated heterocycles. The number of hydrogen-bond acceptors (Lipinski definition) is 2. The lowest BCUT2D eigenvalue weighted by Crippen LogP contribution is -2.24. The maximum atomic E-state index is 6.13. The standard InChI is InChI=1S/C14H23ClN2/c1-9(2)12(10(3)4)8-17-14-6-5-11(16)7-13(14)15/h5-7,9-10,12,17H,8,16H2,1-4H3. The zero-order valence-electron chi connectivity index (χ0n) is 11.1. The quantitative estimate of drug-likeness (QED) is 0.771. The molecule has 0 fully saturated rings. The maximum Gasteiger partial charge on any atom is 0.0657 e. The average Bonchev–Trinajstić information content (AvgIpc) is 2.20. The van der Waals surface area contributed by atoms with E-state index in [4.69, 9.17) is 17.3 Å². The van der Waals surface area contributed by atoms with Gasteiger partial charge in [0.25, 0.3) is 0 Å². The van der Waals surface area contributed by atoms with Gasteiger partial charge in [0.05, 0.1) is 10.7 Å². The minimum atomic E-state index is 0.642. The number of rotatable bonds is 5. The van der Waals surface area contributed by atoms with Crippen LogP contribution in [0.4, 0.5) is 11.4 Å². The summed E-state index contributed by atoms with van der Waals surface area (Å²) in [5.74, 6) is 1.97. The Hall–Kier alpha value is -0.890. The van der Waals surface area contributed by atoms with Crippen LogP contribution in [-0.2, 0) is 0 Å². The Morgan fingerprint density at radius 1 is 1.18 bits per heavy atom. The molecule has 0 aliphatic heterocycles. The molecule has 0 unspecified atom stereocenters. The Bertz CT molecular complexity index is 353. The Labute approximate surface area is 110 Å². The highest BCUT2D eigenvalue weighted by molar-refractivity contribution is 6.33. The summed E-state index contributed by atoms with van der Waals surface area (Å²) in [5.41, 5.74) is 7.33. The van der Waals surface area contributed by atoms with E-state index in [2.05, 4.69) is 33.0 Å². The number of hydrogen-bond donors (Lipinski definition) is 2. The minimum absolute atomic E-state index is 0.642. The van der Waals surface area contributed by atoms with E-state index in [1.54, 1.807) is 6.07 Å². The van der Waals surface area contributed by atoms with Crippen LogP contribution >= 0.6 is 11.6 Å². The van der Waals surface area contributed by atoms with Crippen LogP contribution in [0.1, 0.15) is 27.7 Å². The molecule has 0 bridgehead atoms. The van der Waals surface area contributed by atoms with Crippen LogP contribution < -0.4 is 11.1 Å². The molecule has 0 amide bonds. The van der Waals surface area contributed by atoms with Gasteiger partial charge in [-0.15, -0.1) is 0 Å². The summed E-state index contributed by atoms with van der Waals surface area (Å²) in [6, 6.07) is 5.59. The van der Waals surface area contributed by atoms with Gasteiger partial charge < -0.3 is 11.1 Å². The third-order valence-electron chi connectivity index (χ3n) is 3.23. The van der Waals surface area contributed by atoms with E-state index in [0.717, 1.165) is 12.2 Å². The lowest BCUT2D eigenvalue weighted by atomic mass is 9.85. The van der Waals surface area contributed by atoms with Gasteiger partial charge in [0.1, 0.15) is 0 Å². The molecule has 0 aliphatic rings. The Morgan fingerprint density at radius 2 is 1.76 bits per heavy atom. The fourth-order valence-electron chi connectivity index (χ4n) is 2.14. The van der Waals surface area contributed by atoms with Crippen molar-refractivity contribution in [2.24, 2.45) is 17.8 Å². The molecule has 0 heterocycles. The van der Waals surface area contributed by atoms with Crippen LogP contribution in [0.3, 0.4) is 0 Å². The number of benzene rings is 1. The Kier molecular flexibility index (Phi) is 5.13. The number of halogens is 1. The van der Waals surface area contributed by atoms with Crippen molar-refractivity contribution in [3.63, 3.8) is 0 Å². The first kappa shape index (κ1) is 14.2. The van der Waals surface area contributed by atoms with Crippen molar-refractivity contribution in [3.05, 3.63) is 23.2 Å². The molecule has 0 saturated carbocycles. The van der Waals surface area contributed by atoms with Gasteiger partial charge in [0, 0.05) is 12.2 Å². The summed E-state index contributed by atoms with van der Waals surface area (Å²) in [7, 11) is 0. The van der Waals surface area contributed by atoms with Crippen LogP contribution in [0.15, 0.2) is 18.2 Å². The van der Waals surface area contributed by atoms with Crippen molar-refractivity contribution in [2.75, 3.05) is 17.6 Å². The summed E-state index contributed by atoms with van der Waals surface area (Å²) in [5, 5.41) is 4.11. The molecule has 1 aromatic rings. The number of nitrogens with one attached hydrogen (secondary N) is 1. The molecule has 0 spiro atoms. The molecule has 0 radical (unpaired) electrons. The van der Waals surface area contributed by atoms with Gasteiger partial charge in [-0.1, -0.05) is 39.3 Å². The lowest BCUT2D eigenvalue weighted by molar-refractivity contribution is 0.304. The van der Waals surface area contributed by atoms with Crippen molar-refractivity contribution in [1.82, 2.24) is 0 Å². The predicted octanol–water partition coefficient (Wildman–Crippen LogP) is 4.26. The van der Waals surface area contributed by atoms with Crippen molar-refractivity contribution in [2.45, 2.75) is 27.7 Å². The van der Waals surface area contributed by atoms with E-state index in [9.17, 15) is 0 Å². The fraction of sp³-hybridized carbons (Fsp3) is 0.571. The second kappa shape index (κ2) is 6.15. The normalized spacial score (nSPS) is 11.5. The van der Waals surface area contributed by atoms with Crippen molar-refractivity contribution >= 4 is 23.0 Å². The first-order valence-corrected chi connectivity index (χ1v) is 6.58. The molecular formula is C14H23ClN2. The topological polar surface area (TPSA) is 38.0 Å². The van der Waals surface area contributed by atoms with Gasteiger partial charge in [0.15, 0.2) is 0 Å². The Morgan fingerprint density at radius 3 is 2.24 bits per heavy atom. The summed E-state index contributed by atoms with van der Waals surface area (Å²) in [6.07, 6.45) is 0. The van der Waals surface area contributed by atoms with Crippen LogP contribution in [0.25, 0.3) is 0 Å². The largest absolute Gasteiger partial charge is 0.399 e. The third kappa shape index (κ3) is 4.12. The van der Waals surface area contributed by atoms with Gasteiger partial charge in [0.2, 0.25) is 0 Å². The number of nitrogen functional groups attached to an aromatic ring is 1. The van der Waals surface area contributed by atoms with Gasteiger partial charge in [-0.05, 0) is 36.0 Å². The smallest absolute Gasteiger partial charge is 0.0657 e. The maximum absolute atomic E-state index is 6.13. The van der Waals surface area contributed by atoms with E-state index < -0.39 is 0 Å². The molecule has 3 N–H and O–H groups in total. The van der Waals surface area contributed by atoms with Crippen molar-refractivity contribution in [1.29, 1.82) is 0 Å². The zero-order valence-corrected chi connectivity index (χ0v) is 11.9. The Balaban J connectivity index is 2.65. The van der Waals surface area contributed by atoms with Crippen LogP contribution in [0, 0.1) is 17.8 Å². The number of nitrogens with two attached hydrogens (primary N) is 1. The van der Waals surface area contributed by atoms with Gasteiger partial charge in [-0.2, -0.15) is 0 Å². The fourth-order valence-corrected chi connectivity index (χ4v) is 2.40. The van der Waals surface area contributed by atoms with E-state index in [1.807, 2.05) is 12.1 Å². The van der Waals surface area contributed by atoms with E-state index in [0.29, 0.717) is 28.5 Å². The van der Waals surface area contributed by atoms with Crippen LogP contribution in [0.2, 0.25) is 5.02 Å². The highest BCUT2D eigenvalue weighted by atomic mass is 35.5. The lowest BCUT2D eigenvalue weighted by Gasteiger charge is -2.25. The predicted molar refractivity (Wildman–Crippen MR) is 77.5 cm³/mol. The highest BCUT2D eigenvalue weighted by Gasteiger charge is 2.17. The summed E-state index contributed by atoms with van der Waals surface area (Å²) in [6.45, 7) is 9.99. The minimum Gasteiger partial charge on any atom is -0.399 e. The second-order valence-electron chi connectivity index (χ2n) is 5.27. The summed E-state index contributed by atoms with van der Waals surface area (Å²) in [4.78, 5) is 0. The van der Waals surface area contributed by atoms with Crippen molar-refractivity contribution < 1.29 is 0 Å². The highest BCUT2D eigenvalue weighted by Crippen LogP contribution is 2.26.